The molecule has 2 aromatic heterocycles. The summed E-state index contributed by atoms with van der Waals surface area (Å²) in [7, 11) is 1.61. The van der Waals surface area contributed by atoms with Crippen LogP contribution in [0.15, 0.2) is 53.1 Å². The Hall–Kier alpha value is -3.15. The molecule has 0 unspecified atom stereocenters. The van der Waals surface area contributed by atoms with Crippen molar-refractivity contribution in [3.8, 4) is 17.1 Å². The number of carbonyl (C=O) groups excluding carboxylic acids is 1. The number of hydrogen-bond donors (Lipinski definition) is 1. The maximum atomic E-state index is 12.1. The van der Waals surface area contributed by atoms with Crippen molar-refractivity contribution in [1.82, 2.24) is 10.1 Å². The topological polar surface area (TPSA) is 77.2 Å². The highest BCUT2D eigenvalue weighted by Crippen LogP contribution is 2.24. The van der Waals surface area contributed by atoms with E-state index in [1.807, 2.05) is 43.3 Å². The van der Waals surface area contributed by atoms with Crippen molar-refractivity contribution >= 4 is 11.7 Å². The minimum absolute atomic E-state index is 0.114. The first-order chi connectivity index (χ1) is 11.6. The molecule has 0 aliphatic heterocycles. The summed E-state index contributed by atoms with van der Waals surface area (Å²) >= 11 is 0. The van der Waals surface area contributed by atoms with Crippen molar-refractivity contribution in [1.29, 1.82) is 0 Å². The molecule has 0 atom stereocenters. The van der Waals surface area contributed by atoms with Crippen LogP contribution < -0.4 is 10.1 Å². The van der Waals surface area contributed by atoms with Gasteiger partial charge in [0.2, 0.25) is 5.91 Å². The van der Waals surface area contributed by atoms with Crippen LogP contribution >= 0.6 is 0 Å². The van der Waals surface area contributed by atoms with Crippen LogP contribution in [-0.2, 0) is 11.2 Å². The zero-order chi connectivity index (χ0) is 16.9. The number of carbonyl (C=O) groups is 1. The molecule has 1 amide bonds. The van der Waals surface area contributed by atoms with Crippen LogP contribution in [0.25, 0.3) is 11.3 Å². The number of rotatable bonds is 5. The van der Waals surface area contributed by atoms with Crippen molar-refractivity contribution in [2.45, 2.75) is 13.3 Å². The van der Waals surface area contributed by atoms with E-state index in [2.05, 4.69) is 15.5 Å². The van der Waals surface area contributed by atoms with E-state index in [-0.39, 0.29) is 12.3 Å². The summed E-state index contributed by atoms with van der Waals surface area (Å²) in [6.45, 7) is 1.87. The second-order valence-corrected chi connectivity index (χ2v) is 5.30. The molecule has 3 rings (SSSR count). The van der Waals surface area contributed by atoms with E-state index < -0.39 is 0 Å². The number of benzene rings is 1. The molecular formula is C18H17N3O3. The third kappa shape index (κ3) is 3.78. The highest BCUT2D eigenvalue weighted by molar-refractivity contribution is 5.91. The number of nitrogens with one attached hydrogen (secondary N) is 1. The Balaban J connectivity index is 1.68. The summed E-state index contributed by atoms with van der Waals surface area (Å²) < 4.78 is 10.5. The number of methoxy groups -OCH3 is 1. The Morgan fingerprint density at radius 1 is 1.21 bits per heavy atom. The number of amides is 1. The van der Waals surface area contributed by atoms with Gasteiger partial charge in [0.1, 0.15) is 11.6 Å². The highest BCUT2D eigenvalue weighted by Gasteiger charge is 2.12. The molecule has 3 aromatic rings. The largest absolute Gasteiger partial charge is 0.497 e. The van der Waals surface area contributed by atoms with E-state index in [1.165, 1.54) is 0 Å². The van der Waals surface area contributed by atoms with Gasteiger partial charge in [-0.15, -0.1) is 0 Å². The van der Waals surface area contributed by atoms with Crippen molar-refractivity contribution in [2.75, 3.05) is 12.4 Å². The summed E-state index contributed by atoms with van der Waals surface area (Å²) in [5, 5.41) is 6.70. The average Bonchev–Trinajstić information content (AvgIpc) is 3.03. The predicted octanol–water partition coefficient (Wildman–Crippen LogP) is 3.23. The number of anilines is 1. The normalized spacial score (nSPS) is 10.4. The van der Waals surface area contributed by atoms with Crippen molar-refractivity contribution in [2.24, 2.45) is 0 Å². The molecule has 6 heteroatoms. The lowest BCUT2D eigenvalue weighted by atomic mass is 10.1. The molecule has 24 heavy (non-hydrogen) atoms. The Morgan fingerprint density at radius 3 is 2.83 bits per heavy atom. The maximum Gasteiger partial charge on any atom is 0.231 e. The van der Waals surface area contributed by atoms with Crippen molar-refractivity contribution < 1.29 is 14.1 Å². The lowest BCUT2D eigenvalue weighted by Crippen LogP contribution is -2.15. The standard InChI is InChI=1S/C18H17N3O3/c1-12-5-3-8-17(19-12)20-18(22)11-14-10-16(24-21-14)13-6-4-7-15(9-13)23-2/h3-10H,11H2,1-2H3,(H,19,20,22). The first kappa shape index (κ1) is 15.7. The van der Waals surface area contributed by atoms with Crippen LogP contribution in [0.1, 0.15) is 11.4 Å². The molecule has 0 bridgehead atoms. The van der Waals surface area contributed by atoms with Crippen LogP contribution in [0.4, 0.5) is 5.82 Å². The minimum Gasteiger partial charge on any atom is -0.497 e. The minimum atomic E-state index is -0.196. The van der Waals surface area contributed by atoms with E-state index in [1.54, 1.807) is 19.2 Å². The summed E-state index contributed by atoms with van der Waals surface area (Å²) in [6.07, 6.45) is 0.114. The fourth-order valence-corrected chi connectivity index (χ4v) is 2.27. The smallest absolute Gasteiger partial charge is 0.231 e. The molecule has 0 aliphatic rings. The average molecular weight is 323 g/mol. The highest BCUT2D eigenvalue weighted by atomic mass is 16.5. The first-order valence-corrected chi connectivity index (χ1v) is 7.47. The molecular weight excluding hydrogens is 306 g/mol. The van der Waals surface area contributed by atoms with Crippen LogP contribution in [0.5, 0.6) is 5.75 Å². The zero-order valence-electron chi connectivity index (χ0n) is 13.4. The van der Waals surface area contributed by atoms with E-state index in [0.717, 1.165) is 17.0 Å². The van der Waals surface area contributed by atoms with Crippen LogP contribution in [0, 0.1) is 6.92 Å². The van der Waals surface area contributed by atoms with Gasteiger partial charge in [0.15, 0.2) is 5.76 Å². The quantitative estimate of drug-likeness (QED) is 0.780. The number of aromatic nitrogens is 2. The van der Waals surface area contributed by atoms with Crippen molar-refractivity contribution in [3.63, 3.8) is 0 Å². The van der Waals surface area contributed by atoms with E-state index >= 15 is 0 Å². The fourth-order valence-electron chi connectivity index (χ4n) is 2.27. The van der Waals surface area contributed by atoms with Crippen LogP contribution in [-0.4, -0.2) is 23.2 Å². The van der Waals surface area contributed by atoms with Gasteiger partial charge in [-0.3, -0.25) is 4.79 Å². The molecule has 0 saturated heterocycles. The first-order valence-electron chi connectivity index (χ1n) is 7.47. The van der Waals surface area contributed by atoms with E-state index in [9.17, 15) is 4.79 Å². The van der Waals surface area contributed by atoms with Gasteiger partial charge >= 0.3 is 0 Å². The summed E-state index contributed by atoms with van der Waals surface area (Å²) in [5.74, 6) is 1.65. The molecule has 6 nitrogen and oxygen atoms in total. The van der Waals surface area contributed by atoms with E-state index in [4.69, 9.17) is 9.26 Å². The zero-order valence-corrected chi connectivity index (χ0v) is 13.4. The van der Waals surface area contributed by atoms with Gasteiger partial charge in [-0.05, 0) is 31.2 Å². The van der Waals surface area contributed by atoms with Crippen LogP contribution in [0.2, 0.25) is 0 Å². The summed E-state index contributed by atoms with van der Waals surface area (Å²) in [6, 6.07) is 14.7. The Bertz CT molecular complexity index is 858. The Morgan fingerprint density at radius 2 is 2.04 bits per heavy atom. The second kappa shape index (κ2) is 6.95. The number of nitrogens with zero attached hydrogens (tertiary/aromatic N) is 2. The van der Waals surface area contributed by atoms with E-state index in [0.29, 0.717) is 17.3 Å². The van der Waals surface area contributed by atoms with Gasteiger partial charge in [0.05, 0.1) is 19.2 Å². The second-order valence-electron chi connectivity index (χ2n) is 5.30. The molecule has 1 N–H and O–H groups in total. The molecule has 1 aromatic carbocycles. The number of pyridine rings is 1. The number of aryl methyl sites for hydroxylation is 1. The maximum absolute atomic E-state index is 12.1. The van der Waals surface area contributed by atoms with Gasteiger partial charge in [-0.1, -0.05) is 23.4 Å². The molecule has 122 valence electrons. The Kier molecular flexibility index (Phi) is 4.56. The van der Waals surface area contributed by atoms with Gasteiger partial charge in [-0.25, -0.2) is 4.98 Å². The van der Waals surface area contributed by atoms with Gasteiger partial charge in [0, 0.05) is 17.3 Å². The molecule has 2 heterocycles. The number of ether oxygens (including phenoxy) is 1. The third-order valence-corrected chi connectivity index (χ3v) is 3.41. The Labute approximate surface area is 139 Å². The monoisotopic (exact) mass is 323 g/mol. The summed E-state index contributed by atoms with van der Waals surface area (Å²) in [4.78, 5) is 16.3. The molecule has 0 aliphatic carbocycles. The summed E-state index contributed by atoms with van der Waals surface area (Å²) in [5.41, 5.74) is 2.24. The van der Waals surface area contributed by atoms with Gasteiger partial charge in [-0.2, -0.15) is 0 Å². The molecule has 0 radical (unpaired) electrons. The molecule has 0 fully saturated rings. The number of hydrogen-bond acceptors (Lipinski definition) is 5. The van der Waals surface area contributed by atoms with Gasteiger partial charge in [0.25, 0.3) is 0 Å². The predicted molar refractivity (Wildman–Crippen MR) is 89.8 cm³/mol. The molecule has 0 saturated carbocycles. The van der Waals surface area contributed by atoms with Crippen LogP contribution in [0.3, 0.4) is 0 Å². The SMILES string of the molecule is COc1cccc(-c2cc(CC(=O)Nc3cccc(C)n3)no2)c1. The van der Waals surface area contributed by atoms with Crippen molar-refractivity contribution in [3.05, 3.63) is 59.9 Å². The molecule has 0 spiro atoms. The lowest BCUT2D eigenvalue weighted by molar-refractivity contribution is -0.115. The lowest BCUT2D eigenvalue weighted by Gasteiger charge is -2.03. The fraction of sp³-hybridized carbons (Fsp3) is 0.167. The third-order valence-electron chi connectivity index (χ3n) is 3.41. The van der Waals surface area contributed by atoms with Gasteiger partial charge < -0.3 is 14.6 Å².